The van der Waals surface area contributed by atoms with E-state index in [2.05, 4.69) is 28.6 Å². The van der Waals surface area contributed by atoms with Crippen molar-refractivity contribution in [2.75, 3.05) is 5.75 Å². The molecule has 0 aliphatic heterocycles. The number of rotatable bonds is 13. The van der Waals surface area contributed by atoms with E-state index >= 15 is 0 Å². The van der Waals surface area contributed by atoms with Gasteiger partial charge in [0.2, 0.25) is 23.6 Å². The first-order valence-corrected chi connectivity index (χ1v) is 11.1. The van der Waals surface area contributed by atoms with Crippen molar-refractivity contribution < 1.29 is 34.2 Å². The maximum Gasteiger partial charge on any atom is 0.326 e. The standard InChI is InChI=1S/C21H31N5O7S/c1-10(2)17(26-18(29)13(22)7-11-3-5-12(27)6-4-11)20(31)25-15(9-34)19(30)24-14(21(32)33)8-16(23)28/h3-6,10,13-15,17,27,34H,7-9,22H2,1-2H3,(H2,23,28)(H,24,30)(H,25,31)(H,26,29)(H,32,33). The number of amides is 4. The van der Waals surface area contributed by atoms with Gasteiger partial charge in [0, 0.05) is 5.75 Å². The van der Waals surface area contributed by atoms with Crippen molar-refractivity contribution in [2.45, 2.75) is 50.9 Å². The van der Waals surface area contributed by atoms with Gasteiger partial charge in [-0.1, -0.05) is 26.0 Å². The number of carboxylic acids is 1. The van der Waals surface area contributed by atoms with Crippen LogP contribution in [0.3, 0.4) is 0 Å². The van der Waals surface area contributed by atoms with Crippen molar-refractivity contribution in [3.05, 3.63) is 29.8 Å². The van der Waals surface area contributed by atoms with E-state index in [-0.39, 0.29) is 23.8 Å². The highest BCUT2D eigenvalue weighted by Gasteiger charge is 2.31. The molecule has 9 N–H and O–H groups in total. The molecule has 0 saturated carbocycles. The van der Waals surface area contributed by atoms with Crippen molar-refractivity contribution in [3.8, 4) is 5.75 Å². The molecule has 0 bridgehead atoms. The molecular weight excluding hydrogens is 466 g/mol. The summed E-state index contributed by atoms with van der Waals surface area (Å²) in [5.41, 5.74) is 11.7. The molecule has 1 aromatic rings. The maximum absolute atomic E-state index is 12.8. The summed E-state index contributed by atoms with van der Waals surface area (Å²) < 4.78 is 0. The monoisotopic (exact) mass is 497 g/mol. The first kappa shape index (κ1) is 28.7. The summed E-state index contributed by atoms with van der Waals surface area (Å²) in [5.74, 6) is -5.05. The fraction of sp³-hybridized carbons (Fsp3) is 0.476. The van der Waals surface area contributed by atoms with Gasteiger partial charge in [-0.2, -0.15) is 12.6 Å². The highest BCUT2D eigenvalue weighted by Crippen LogP contribution is 2.11. The van der Waals surface area contributed by atoms with Crippen LogP contribution in [0, 0.1) is 5.92 Å². The molecule has 0 fully saturated rings. The van der Waals surface area contributed by atoms with Gasteiger partial charge in [-0.3, -0.25) is 19.2 Å². The summed E-state index contributed by atoms with van der Waals surface area (Å²) in [6, 6.07) is 1.33. The lowest BCUT2D eigenvalue weighted by Gasteiger charge is -2.26. The Bertz CT molecular complexity index is 894. The third-order valence-corrected chi connectivity index (χ3v) is 5.18. The quantitative estimate of drug-likeness (QED) is 0.146. The van der Waals surface area contributed by atoms with Crippen LogP contribution in [-0.2, 0) is 30.4 Å². The average molecular weight is 498 g/mol. The lowest BCUT2D eigenvalue weighted by atomic mass is 10.0. The Labute approximate surface area is 202 Å². The second-order valence-electron chi connectivity index (χ2n) is 8.02. The van der Waals surface area contributed by atoms with Crippen LogP contribution in [0.5, 0.6) is 5.75 Å². The molecular formula is C21H31N5O7S. The molecule has 1 rings (SSSR count). The van der Waals surface area contributed by atoms with Gasteiger partial charge in [-0.15, -0.1) is 0 Å². The van der Waals surface area contributed by atoms with E-state index in [1.54, 1.807) is 26.0 Å². The molecule has 0 heterocycles. The number of nitrogens with one attached hydrogen (secondary N) is 3. The van der Waals surface area contributed by atoms with Gasteiger partial charge in [-0.05, 0) is 30.0 Å². The third-order valence-electron chi connectivity index (χ3n) is 4.81. The van der Waals surface area contributed by atoms with Crippen LogP contribution in [0.25, 0.3) is 0 Å². The number of carboxylic acid groups (broad SMARTS) is 1. The first-order valence-electron chi connectivity index (χ1n) is 10.4. The normalized spacial score (nSPS) is 14.4. The van der Waals surface area contributed by atoms with Crippen LogP contribution in [-0.4, -0.2) is 69.7 Å². The average Bonchev–Trinajstić information content (AvgIpc) is 2.75. The van der Waals surface area contributed by atoms with Crippen LogP contribution in [0.4, 0.5) is 0 Å². The van der Waals surface area contributed by atoms with Crippen molar-refractivity contribution in [2.24, 2.45) is 17.4 Å². The number of aliphatic carboxylic acids is 1. The Balaban J connectivity index is 2.81. The van der Waals surface area contributed by atoms with Crippen molar-refractivity contribution >= 4 is 42.2 Å². The van der Waals surface area contributed by atoms with Gasteiger partial charge >= 0.3 is 5.97 Å². The number of aromatic hydroxyl groups is 1. The Morgan fingerprint density at radius 3 is 1.97 bits per heavy atom. The number of carbonyl (C=O) groups is 5. The van der Waals surface area contributed by atoms with Crippen LogP contribution in [0.1, 0.15) is 25.8 Å². The van der Waals surface area contributed by atoms with E-state index < -0.39 is 60.2 Å². The van der Waals surface area contributed by atoms with Crippen molar-refractivity contribution in [3.63, 3.8) is 0 Å². The second kappa shape index (κ2) is 13.4. The molecule has 12 nitrogen and oxygen atoms in total. The number of carbonyl (C=O) groups excluding carboxylic acids is 4. The SMILES string of the molecule is CC(C)C(NC(=O)C(N)Cc1ccc(O)cc1)C(=O)NC(CS)C(=O)NC(CC(N)=O)C(=O)O. The summed E-state index contributed by atoms with van der Waals surface area (Å²) in [7, 11) is 0. The van der Waals surface area contributed by atoms with Crippen molar-refractivity contribution in [1.29, 1.82) is 0 Å². The summed E-state index contributed by atoms with van der Waals surface area (Å²) in [6.07, 6.45) is -0.464. The predicted molar refractivity (Wildman–Crippen MR) is 126 cm³/mol. The van der Waals surface area contributed by atoms with Crippen LogP contribution >= 0.6 is 12.6 Å². The molecule has 0 saturated heterocycles. The second-order valence-corrected chi connectivity index (χ2v) is 8.39. The van der Waals surface area contributed by atoms with Crippen LogP contribution in [0.2, 0.25) is 0 Å². The Hall–Kier alpha value is -3.32. The van der Waals surface area contributed by atoms with E-state index in [4.69, 9.17) is 16.6 Å². The largest absolute Gasteiger partial charge is 0.508 e. The van der Waals surface area contributed by atoms with E-state index in [0.29, 0.717) is 5.56 Å². The van der Waals surface area contributed by atoms with Gasteiger partial charge < -0.3 is 37.6 Å². The molecule has 0 aliphatic carbocycles. The van der Waals surface area contributed by atoms with Gasteiger partial charge in [0.15, 0.2) is 0 Å². The molecule has 0 radical (unpaired) electrons. The Morgan fingerprint density at radius 1 is 0.941 bits per heavy atom. The molecule has 4 atom stereocenters. The number of hydrogen-bond donors (Lipinski definition) is 8. The smallest absolute Gasteiger partial charge is 0.326 e. The third kappa shape index (κ3) is 9.27. The van der Waals surface area contributed by atoms with Crippen molar-refractivity contribution in [1.82, 2.24) is 16.0 Å². The number of nitrogens with two attached hydrogens (primary N) is 2. The number of benzene rings is 1. The molecule has 34 heavy (non-hydrogen) atoms. The summed E-state index contributed by atoms with van der Waals surface area (Å²) in [4.78, 5) is 60.1. The van der Waals surface area contributed by atoms with E-state index in [1.807, 2.05) is 0 Å². The van der Waals surface area contributed by atoms with Gasteiger partial charge in [0.25, 0.3) is 0 Å². The minimum Gasteiger partial charge on any atom is -0.508 e. The maximum atomic E-state index is 12.8. The number of phenolic OH excluding ortho intramolecular Hbond substituents is 1. The first-order chi connectivity index (χ1) is 15.8. The number of thiol groups is 1. The van der Waals surface area contributed by atoms with Gasteiger partial charge in [0.1, 0.15) is 23.9 Å². The molecule has 1 aromatic carbocycles. The van der Waals surface area contributed by atoms with E-state index in [9.17, 15) is 29.1 Å². The fourth-order valence-corrected chi connectivity index (χ4v) is 3.16. The van der Waals surface area contributed by atoms with Crippen LogP contribution < -0.4 is 27.4 Å². The molecule has 4 amide bonds. The zero-order valence-electron chi connectivity index (χ0n) is 18.9. The molecule has 0 aromatic heterocycles. The molecule has 0 aliphatic rings. The minimum atomic E-state index is -1.57. The molecule has 4 unspecified atom stereocenters. The molecule has 188 valence electrons. The zero-order chi connectivity index (χ0) is 26.0. The highest BCUT2D eigenvalue weighted by molar-refractivity contribution is 7.80. The zero-order valence-corrected chi connectivity index (χ0v) is 19.7. The summed E-state index contributed by atoms with van der Waals surface area (Å²) in [5, 5.41) is 25.6. The minimum absolute atomic E-state index is 0.0744. The number of phenols is 1. The lowest BCUT2D eigenvalue weighted by molar-refractivity contribution is -0.143. The van der Waals surface area contributed by atoms with Gasteiger partial charge in [-0.25, -0.2) is 4.79 Å². The van der Waals surface area contributed by atoms with E-state index in [0.717, 1.165) is 0 Å². The highest BCUT2D eigenvalue weighted by atomic mass is 32.1. The molecule has 0 spiro atoms. The Kier molecular flexibility index (Phi) is 11.3. The molecule has 13 heteroatoms. The van der Waals surface area contributed by atoms with Gasteiger partial charge in [0.05, 0.1) is 12.5 Å². The predicted octanol–water partition coefficient (Wildman–Crippen LogP) is -1.74. The number of primary amides is 1. The lowest BCUT2D eigenvalue weighted by Crippen LogP contribution is -2.59. The van der Waals surface area contributed by atoms with Crippen LogP contribution in [0.15, 0.2) is 24.3 Å². The Morgan fingerprint density at radius 2 is 1.50 bits per heavy atom. The fourth-order valence-electron chi connectivity index (χ4n) is 2.90. The van der Waals surface area contributed by atoms with E-state index in [1.165, 1.54) is 12.1 Å². The topological polar surface area (TPSA) is 214 Å². The number of hydrogen-bond acceptors (Lipinski definition) is 8. The summed E-state index contributed by atoms with van der Waals surface area (Å²) >= 11 is 4.02. The summed E-state index contributed by atoms with van der Waals surface area (Å²) in [6.45, 7) is 3.36.